The van der Waals surface area contributed by atoms with E-state index < -0.39 is 41.7 Å². The SMILES string of the molecule is N[C@@H](CNC(=O)c1ccc(N2CCC(Nc3ncccn3)CC2)c(F)c1F)C(=O)O. The number of amides is 1. The van der Waals surface area contributed by atoms with Crippen LogP contribution in [0.4, 0.5) is 20.4 Å². The third kappa shape index (κ3) is 4.98. The van der Waals surface area contributed by atoms with Gasteiger partial charge in [-0.25, -0.2) is 18.7 Å². The molecule has 2 heterocycles. The monoisotopic (exact) mass is 420 g/mol. The molecule has 1 fully saturated rings. The maximum atomic E-state index is 14.6. The zero-order valence-electron chi connectivity index (χ0n) is 16.0. The van der Waals surface area contributed by atoms with E-state index in [-0.39, 0.29) is 11.7 Å². The fourth-order valence-corrected chi connectivity index (χ4v) is 3.16. The van der Waals surface area contributed by atoms with Crippen molar-refractivity contribution >= 4 is 23.5 Å². The summed E-state index contributed by atoms with van der Waals surface area (Å²) in [5, 5.41) is 14.1. The van der Waals surface area contributed by atoms with Crippen LogP contribution < -0.4 is 21.3 Å². The van der Waals surface area contributed by atoms with Crippen molar-refractivity contribution in [1.82, 2.24) is 15.3 Å². The van der Waals surface area contributed by atoms with Crippen molar-refractivity contribution in [1.29, 1.82) is 0 Å². The minimum absolute atomic E-state index is 0.0701. The largest absolute Gasteiger partial charge is 0.480 e. The van der Waals surface area contributed by atoms with Gasteiger partial charge in [-0.1, -0.05) is 0 Å². The second kappa shape index (κ2) is 9.44. The average Bonchev–Trinajstić information content (AvgIpc) is 2.75. The van der Waals surface area contributed by atoms with Gasteiger partial charge in [-0.2, -0.15) is 0 Å². The second-order valence-corrected chi connectivity index (χ2v) is 6.89. The van der Waals surface area contributed by atoms with Crippen molar-refractivity contribution in [3.05, 3.63) is 47.8 Å². The molecule has 11 heteroatoms. The third-order valence-corrected chi connectivity index (χ3v) is 4.84. The van der Waals surface area contributed by atoms with Crippen LogP contribution in [0.15, 0.2) is 30.6 Å². The lowest BCUT2D eigenvalue weighted by Gasteiger charge is -2.34. The Hall–Kier alpha value is -3.34. The maximum Gasteiger partial charge on any atom is 0.322 e. The molecular formula is C19H22F2N6O3. The molecular weight excluding hydrogens is 398 g/mol. The molecule has 3 rings (SSSR count). The molecule has 0 saturated carbocycles. The summed E-state index contributed by atoms with van der Waals surface area (Å²) in [7, 11) is 0. The first kappa shape index (κ1) is 21.4. The summed E-state index contributed by atoms with van der Waals surface area (Å²) >= 11 is 0. The number of halogens is 2. The van der Waals surface area contributed by atoms with Crippen LogP contribution >= 0.6 is 0 Å². The Morgan fingerprint density at radius 1 is 1.20 bits per heavy atom. The van der Waals surface area contributed by atoms with Gasteiger partial charge in [0, 0.05) is 38.1 Å². The van der Waals surface area contributed by atoms with Gasteiger partial charge in [-0.05, 0) is 31.0 Å². The van der Waals surface area contributed by atoms with Crippen LogP contribution in [0.1, 0.15) is 23.2 Å². The van der Waals surface area contributed by atoms with E-state index in [1.54, 1.807) is 23.4 Å². The van der Waals surface area contributed by atoms with Gasteiger partial charge in [0.25, 0.3) is 5.91 Å². The maximum absolute atomic E-state index is 14.6. The molecule has 2 aromatic rings. The summed E-state index contributed by atoms with van der Waals surface area (Å²) < 4.78 is 29.1. The van der Waals surface area contributed by atoms with E-state index in [0.717, 1.165) is 0 Å². The molecule has 1 atom stereocenters. The molecule has 0 spiro atoms. The minimum atomic E-state index is -1.34. The number of nitrogens with one attached hydrogen (secondary N) is 2. The minimum Gasteiger partial charge on any atom is -0.480 e. The first-order valence-corrected chi connectivity index (χ1v) is 9.40. The number of piperidine rings is 1. The molecule has 0 unspecified atom stereocenters. The number of hydrogen-bond donors (Lipinski definition) is 4. The normalized spacial score (nSPS) is 15.5. The quantitative estimate of drug-likeness (QED) is 0.521. The lowest BCUT2D eigenvalue weighted by atomic mass is 10.0. The number of anilines is 2. The highest BCUT2D eigenvalue weighted by Gasteiger charge is 2.26. The van der Waals surface area contributed by atoms with Crippen molar-refractivity contribution in [3.8, 4) is 0 Å². The average molecular weight is 420 g/mol. The lowest BCUT2D eigenvalue weighted by molar-refractivity contribution is -0.138. The summed E-state index contributed by atoms with van der Waals surface area (Å²) in [5.74, 6) is -4.13. The van der Waals surface area contributed by atoms with Crippen LogP contribution in [0, 0.1) is 11.6 Å². The van der Waals surface area contributed by atoms with E-state index >= 15 is 0 Å². The van der Waals surface area contributed by atoms with Gasteiger partial charge >= 0.3 is 5.97 Å². The van der Waals surface area contributed by atoms with E-state index in [0.29, 0.717) is 31.9 Å². The van der Waals surface area contributed by atoms with Crippen molar-refractivity contribution in [2.24, 2.45) is 5.73 Å². The first-order valence-electron chi connectivity index (χ1n) is 9.40. The number of carbonyl (C=O) groups excluding carboxylic acids is 1. The molecule has 9 nitrogen and oxygen atoms in total. The van der Waals surface area contributed by atoms with Crippen molar-refractivity contribution in [3.63, 3.8) is 0 Å². The summed E-state index contributed by atoms with van der Waals surface area (Å²) in [5.41, 5.74) is 4.85. The molecule has 1 aromatic heterocycles. The van der Waals surface area contributed by atoms with E-state index in [1.807, 2.05) is 0 Å². The molecule has 1 aliphatic heterocycles. The van der Waals surface area contributed by atoms with Crippen LogP contribution in [-0.2, 0) is 4.79 Å². The Morgan fingerprint density at radius 3 is 2.50 bits per heavy atom. The van der Waals surface area contributed by atoms with Crippen LogP contribution in [0.3, 0.4) is 0 Å². The van der Waals surface area contributed by atoms with Gasteiger partial charge in [0.2, 0.25) is 5.95 Å². The Morgan fingerprint density at radius 2 is 1.87 bits per heavy atom. The molecule has 1 amide bonds. The highest BCUT2D eigenvalue weighted by molar-refractivity contribution is 5.95. The number of aromatic nitrogens is 2. The van der Waals surface area contributed by atoms with Crippen LogP contribution in [0.5, 0.6) is 0 Å². The van der Waals surface area contributed by atoms with E-state index in [9.17, 15) is 18.4 Å². The van der Waals surface area contributed by atoms with E-state index in [2.05, 4.69) is 20.6 Å². The van der Waals surface area contributed by atoms with E-state index in [1.165, 1.54) is 12.1 Å². The van der Waals surface area contributed by atoms with Crippen molar-refractivity contribution in [2.75, 3.05) is 29.9 Å². The van der Waals surface area contributed by atoms with Gasteiger partial charge in [0.05, 0.1) is 11.3 Å². The van der Waals surface area contributed by atoms with Gasteiger partial charge in [0.15, 0.2) is 11.6 Å². The molecule has 1 aliphatic rings. The number of carboxylic acids is 1. The van der Waals surface area contributed by atoms with Gasteiger partial charge in [0.1, 0.15) is 6.04 Å². The Bertz CT molecular complexity index is 907. The predicted octanol–water partition coefficient (Wildman–Crippen LogP) is 0.977. The van der Waals surface area contributed by atoms with Crippen LogP contribution in [-0.4, -0.2) is 58.7 Å². The summed E-state index contributed by atoms with van der Waals surface area (Å²) in [4.78, 5) is 32.7. The number of carbonyl (C=O) groups is 2. The van der Waals surface area contributed by atoms with Gasteiger partial charge in [-0.3, -0.25) is 9.59 Å². The first-order chi connectivity index (χ1) is 14.4. The Labute approximate surface area is 171 Å². The molecule has 0 bridgehead atoms. The fourth-order valence-electron chi connectivity index (χ4n) is 3.16. The smallest absolute Gasteiger partial charge is 0.322 e. The van der Waals surface area contributed by atoms with Crippen LogP contribution in [0.2, 0.25) is 0 Å². The lowest BCUT2D eigenvalue weighted by Crippen LogP contribution is -2.42. The standard InChI is InChI=1S/C19H22F2N6O3/c20-15-12(17(28)25-10-13(22)18(29)30)2-3-14(16(15)21)27-8-4-11(5-9-27)26-19-23-6-1-7-24-19/h1-3,6-7,11,13H,4-5,8-10,22H2,(H,25,28)(H,29,30)(H,23,24,26)/t13-/m0/s1. The fraction of sp³-hybridized carbons (Fsp3) is 0.368. The molecule has 0 radical (unpaired) electrons. The second-order valence-electron chi connectivity index (χ2n) is 6.89. The molecule has 160 valence electrons. The molecule has 0 aliphatic carbocycles. The number of aliphatic carboxylic acids is 1. The highest BCUT2D eigenvalue weighted by Crippen LogP contribution is 2.27. The van der Waals surface area contributed by atoms with Gasteiger partial charge in [-0.15, -0.1) is 0 Å². The number of rotatable bonds is 7. The number of carboxylic acid groups (broad SMARTS) is 1. The zero-order valence-corrected chi connectivity index (χ0v) is 16.0. The third-order valence-electron chi connectivity index (χ3n) is 4.84. The number of nitrogens with zero attached hydrogens (tertiary/aromatic N) is 3. The molecule has 30 heavy (non-hydrogen) atoms. The van der Waals surface area contributed by atoms with Crippen molar-refractivity contribution in [2.45, 2.75) is 24.9 Å². The summed E-state index contributed by atoms with van der Waals surface area (Å²) in [6.07, 6.45) is 4.62. The summed E-state index contributed by atoms with van der Waals surface area (Å²) in [6, 6.07) is 3.02. The van der Waals surface area contributed by atoms with Gasteiger partial charge < -0.3 is 26.4 Å². The topological polar surface area (TPSA) is 133 Å². The Kier molecular flexibility index (Phi) is 6.72. The number of benzene rings is 1. The molecule has 1 saturated heterocycles. The van der Waals surface area contributed by atoms with E-state index in [4.69, 9.17) is 10.8 Å². The zero-order chi connectivity index (χ0) is 21.7. The molecule has 5 N–H and O–H groups in total. The summed E-state index contributed by atoms with van der Waals surface area (Å²) in [6.45, 7) is 0.572. The predicted molar refractivity (Wildman–Crippen MR) is 105 cm³/mol. The van der Waals surface area contributed by atoms with Crippen molar-refractivity contribution < 1.29 is 23.5 Å². The number of nitrogens with two attached hydrogens (primary N) is 1. The number of hydrogen-bond acceptors (Lipinski definition) is 7. The molecule has 1 aromatic carbocycles. The Balaban J connectivity index is 1.61. The highest BCUT2D eigenvalue weighted by atomic mass is 19.2. The van der Waals surface area contributed by atoms with Crippen LogP contribution in [0.25, 0.3) is 0 Å².